The summed E-state index contributed by atoms with van der Waals surface area (Å²) in [5.74, 6) is -1.54. The van der Waals surface area contributed by atoms with E-state index in [0.717, 1.165) is 24.2 Å². The summed E-state index contributed by atoms with van der Waals surface area (Å²) in [5, 5.41) is 2.97. The molecular weight excluding hydrogens is 372 g/mol. The van der Waals surface area contributed by atoms with Crippen molar-refractivity contribution in [2.24, 2.45) is 5.92 Å². The fraction of sp³-hybridized carbons (Fsp3) is 0.455. The largest absolute Gasteiger partial charge is 0.449 e. The third-order valence-electron chi connectivity index (χ3n) is 5.61. The number of carbonyl (C=O) groups excluding carboxylic acids is 4. The molecule has 29 heavy (non-hydrogen) atoms. The lowest BCUT2D eigenvalue weighted by Crippen LogP contribution is -2.46. The van der Waals surface area contributed by atoms with Crippen molar-refractivity contribution in [1.82, 2.24) is 10.2 Å². The maximum Gasteiger partial charge on any atom is 0.338 e. The lowest BCUT2D eigenvalue weighted by Gasteiger charge is -2.30. The molecule has 0 saturated heterocycles. The van der Waals surface area contributed by atoms with Crippen LogP contribution in [0.25, 0.3) is 0 Å². The van der Waals surface area contributed by atoms with Crippen molar-refractivity contribution >= 4 is 23.7 Å². The van der Waals surface area contributed by atoms with Gasteiger partial charge in [-0.2, -0.15) is 0 Å². The molecule has 0 spiro atoms. The molecule has 3 atom stereocenters. The van der Waals surface area contributed by atoms with Crippen molar-refractivity contribution in [1.29, 1.82) is 0 Å². The molecule has 7 heteroatoms. The number of imide groups is 1. The average molecular weight is 398 g/mol. The zero-order valence-electron chi connectivity index (χ0n) is 16.8. The van der Waals surface area contributed by atoms with Gasteiger partial charge in [-0.1, -0.05) is 25.8 Å². The standard InChI is InChI=1S/C22H26N2O5/c1-4-11-24-20(26)16-10-9-15(12-17(16)21(24)27)22(28)29-14(3)19(25)23-18-8-6-5-7-13(18)2/h4,9-10,12-14,18H,1,5-8,11H2,2-3H3,(H,23,25)/t13-,14+,18-/m0/s1. The maximum atomic E-state index is 12.5. The van der Waals surface area contributed by atoms with Crippen LogP contribution in [-0.2, 0) is 9.53 Å². The lowest BCUT2D eigenvalue weighted by molar-refractivity contribution is -0.130. The van der Waals surface area contributed by atoms with E-state index < -0.39 is 23.9 Å². The van der Waals surface area contributed by atoms with Gasteiger partial charge in [-0.05, 0) is 43.9 Å². The molecule has 7 nitrogen and oxygen atoms in total. The number of nitrogens with zero attached hydrogens (tertiary/aromatic N) is 1. The quantitative estimate of drug-likeness (QED) is 0.452. The molecule has 1 aromatic rings. The molecule has 1 heterocycles. The van der Waals surface area contributed by atoms with E-state index in [1.165, 1.54) is 37.6 Å². The molecule has 0 unspecified atom stereocenters. The van der Waals surface area contributed by atoms with E-state index in [2.05, 4.69) is 18.8 Å². The lowest BCUT2D eigenvalue weighted by atomic mass is 9.86. The van der Waals surface area contributed by atoms with Gasteiger partial charge in [0, 0.05) is 12.6 Å². The third-order valence-corrected chi connectivity index (χ3v) is 5.61. The summed E-state index contributed by atoms with van der Waals surface area (Å²) in [5.41, 5.74) is 0.515. The van der Waals surface area contributed by atoms with Gasteiger partial charge in [0.05, 0.1) is 16.7 Å². The number of hydrogen-bond acceptors (Lipinski definition) is 5. The highest BCUT2D eigenvalue weighted by atomic mass is 16.5. The number of hydrogen-bond donors (Lipinski definition) is 1. The Morgan fingerprint density at radius 2 is 1.93 bits per heavy atom. The molecule has 1 aliphatic heterocycles. The summed E-state index contributed by atoms with van der Waals surface area (Å²) in [6.45, 7) is 7.27. The van der Waals surface area contributed by atoms with Gasteiger partial charge in [0.25, 0.3) is 17.7 Å². The van der Waals surface area contributed by atoms with Gasteiger partial charge in [-0.25, -0.2) is 4.79 Å². The number of carbonyl (C=O) groups is 4. The minimum Gasteiger partial charge on any atom is -0.449 e. The molecule has 3 amide bonds. The number of benzene rings is 1. The number of rotatable bonds is 6. The highest BCUT2D eigenvalue weighted by molar-refractivity contribution is 6.22. The van der Waals surface area contributed by atoms with E-state index in [9.17, 15) is 19.2 Å². The second-order valence-corrected chi connectivity index (χ2v) is 7.69. The Balaban J connectivity index is 1.65. The summed E-state index contributed by atoms with van der Waals surface area (Å²) >= 11 is 0. The first-order valence-corrected chi connectivity index (χ1v) is 9.96. The van der Waals surface area contributed by atoms with Crippen LogP contribution in [0.4, 0.5) is 0 Å². The number of amides is 3. The Morgan fingerprint density at radius 1 is 1.24 bits per heavy atom. The zero-order valence-corrected chi connectivity index (χ0v) is 16.8. The Kier molecular flexibility index (Phi) is 6.15. The van der Waals surface area contributed by atoms with Gasteiger partial charge < -0.3 is 10.1 Å². The monoisotopic (exact) mass is 398 g/mol. The van der Waals surface area contributed by atoms with Gasteiger partial charge in [0.1, 0.15) is 0 Å². The van der Waals surface area contributed by atoms with Crippen molar-refractivity contribution < 1.29 is 23.9 Å². The molecule has 0 radical (unpaired) electrons. The predicted molar refractivity (Wildman–Crippen MR) is 106 cm³/mol. The first-order chi connectivity index (χ1) is 13.8. The molecule has 3 rings (SSSR count). The predicted octanol–water partition coefficient (Wildman–Crippen LogP) is 2.71. The fourth-order valence-electron chi connectivity index (χ4n) is 3.83. The normalized spacial score (nSPS) is 22.1. The van der Waals surface area contributed by atoms with E-state index in [1.807, 2.05) is 0 Å². The molecule has 1 fully saturated rings. The first-order valence-electron chi connectivity index (χ1n) is 9.96. The van der Waals surface area contributed by atoms with Crippen LogP contribution in [0.1, 0.15) is 70.6 Å². The minimum atomic E-state index is -0.959. The van der Waals surface area contributed by atoms with E-state index in [-0.39, 0.29) is 35.2 Å². The second kappa shape index (κ2) is 8.59. The van der Waals surface area contributed by atoms with Crippen LogP contribution in [0.2, 0.25) is 0 Å². The second-order valence-electron chi connectivity index (χ2n) is 7.69. The van der Waals surface area contributed by atoms with E-state index in [4.69, 9.17) is 4.74 Å². The van der Waals surface area contributed by atoms with Crippen molar-refractivity contribution in [2.45, 2.75) is 51.7 Å². The van der Waals surface area contributed by atoms with Gasteiger partial charge in [-0.15, -0.1) is 6.58 Å². The van der Waals surface area contributed by atoms with E-state index in [0.29, 0.717) is 5.92 Å². The molecule has 1 aromatic carbocycles. The van der Waals surface area contributed by atoms with Gasteiger partial charge in [0.2, 0.25) is 0 Å². The van der Waals surface area contributed by atoms with Crippen LogP contribution in [0.15, 0.2) is 30.9 Å². The molecule has 1 N–H and O–H groups in total. The summed E-state index contributed by atoms with van der Waals surface area (Å²) < 4.78 is 5.29. The summed E-state index contributed by atoms with van der Waals surface area (Å²) in [6, 6.07) is 4.30. The van der Waals surface area contributed by atoms with Crippen LogP contribution in [-0.4, -0.2) is 47.3 Å². The Morgan fingerprint density at radius 3 is 2.62 bits per heavy atom. The topological polar surface area (TPSA) is 92.8 Å². The number of nitrogens with one attached hydrogen (secondary N) is 1. The molecule has 0 aromatic heterocycles. The zero-order chi connectivity index (χ0) is 21.1. The average Bonchev–Trinajstić information content (AvgIpc) is 2.94. The van der Waals surface area contributed by atoms with Crippen LogP contribution in [0.3, 0.4) is 0 Å². The summed E-state index contributed by atoms with van der Waals surface area (Å²) in [6.07, 6.45) is 4.75. The van der Waals surface area contributed by atoms with Gasteiger partial charge in [0.15, 0.2) is 6.10 Å². The van der Waals surface area contributed by atoms with Crippen molar-refractivity contribution in [3.63, 3.8) is 0 Å². The smallest absolute Gasteiger partial charge is 0.338 e. The molecule has 2 aliphatic rings. The van der Waals surface area contributed by atoms with Gasteiger partial charge in [-0.3, -0.25) is 19.3 Å². The van der Waals surface area contributed by atoms with Crippen molar-refractivity contribution in [2.75, 3.05) is 6.54 Å². The van der Waals surface area contributed by atoms with E-state index >= 15 is 0 Å². The van der Waals surface area contributed by atoms with Gasteiger partial charge >= 0.3 is 5.97 Å². The summed E-state index contributed by atoms with van der Waals surface area (Å²) in [4.78, 5) is 50.6. The first kappa shape index (κ1) is 20.8. The van der Waals surface area contributed by atoms with Crippen LogP contribution in [0.5, 0.6) is 0 Å². The fourth-order valence-corrected chi connectivity index (χ4v) is 3.83. The van der Waals surface area contributed by atoms with Crippen LogP contribution < -0.4 is 5.32 Å². The number of fused-ring (bicyclic) bond motifs is 1. The maximum absolute atomic E-state index is 12.5. The minimum absolute atomic E-state index is 0.0943. The molecule has 154 valence electrons. The Bertz CT molecular complexity index is 863. The third kappa shape index (κ3) is 4.23. The van der Waals surface area contributed by atoms with Crippen molar-refractivity contribution in [3.8, 4) is 0 Å². The summed E-state index contributed by atoms with van der Waals surface area (Å²) in [7, 11) is 0. The number of ether oxygens (including phenoxy) is 1. The molecule has 0 bridgehead atoms. The highest BCUT2D eigenvalue weighted by Gasteiger charge is 2.35. The molecular formula is C22H26N2O5. The van der Waals surface area contributed by atoms with E-state index in [1.54, 1.807) is 0 Å². The Hall–Kier alpha value is -2.96. The van der Waals surface area contributed by atoms with Crippen molar-refractivity contribution in [3.05, 3.63) is 47.5 Å². The molecule has 1 aliphatic carbocycles. The van der Waals surface area contributed by atoms with Crippen LogP contribution >= 0.6 is 0 Å². The number of esters is 1. The Labute approximate surface area is 170 Å². The SMILES string of the molecule is C=CCN1C(=O)c2ccc(C(=O)O[C@H](C)C(=O)N[C@H]3CCCC[C@@H]3C)cc2C1=O. The van der Waals surface area contributed by atoms with Crippen LogP contribution in [0, 0.1) is 5.92 Å². The molecule has 1 saturated carbocycles. The highest BCUT2D eigenvalue weighted by Crippen LogP contribution is 2.25.